The molecule has 0 unspecified atom stereocenters. The zero-order chi connectivity index (χ0) is 11.4. The van der Waals surface area contributed by atoms with Gasteiger partial charge in [0.25, 0.3) is 0 Å². The van der Waals surface area contributed by atoms with Crippen molar-refractivity contribution < 1.29 is 15.0 Å². The van der Waals surface area contributed by atoms with Gasteiger partial charge in [-0.1, -0.05) is 17.7 Å². The van der Waals surface area contributed by atoms with Crippen LogP contribution in [0.5, 0.6) is 5.75 Å². The Bertz CT molecular complexity index is 368. The lowest BCUT2D eigenvalue weighted by Gasteiger charge is -2.06. The fourth-order valence-electron chi connectivity index (χ4n) is 1.15. The molecule has 1 atom stereocenters. The molecule has 4 nitrogen and oxygen atoms in total. The highest BCUT2D eigenvalue weighted by Crippen LogP contribution is 2.24. The van der Waals surface area contributed by atoms with Gasteiger partial charge < -0.3 is 15.9 Å². The standard InChI is InChI=1S/C10H12ClNO3/c11-7-5-6(2-4-9(7)13)1-3-8(12)10(14)15/h2,4-5,8,13H,1,3,12H2,(H,14,15)/t8-/m1/s1. The number of carbonyl (C=O) groups is 1. The van der Waals surface area contributed by atoms with Gasteiger partial charge in [0.2, 0.25) is 0 Å². The number of benzene rings is 1. The molecule has 0 aliphatic heterocycles. The zero-order valence-corrected chi connectivity index (χ0v) is 8.74. The molecular formula is C10H12ClNO3. The summed E-state index contributed by atoms with van der Waals surface area (Å²) in [4.78, 5) is 10.5. The van der Waals surface area contributed by atoms with Crippen LogP contribution >= 0.6 is 11.6 Å². The van der Waals surface area contributed by atoms with Crippen molar-refractivity contribution >= 4 is 17.6 Å². The summed E-state index contributed by atoms with van der Waals surface area (Å²) < 4.78 is 0. The second-order valence-corrected chi connectivity index (χ2v) is 3.68. The number of halogens is 1. The number of aryl methyl sites for hydroxylation is 1. The van der Waals surface area contributed by atoms with Crippen molar-refractivity contribution in [1.29, 1.82) is 0 Å². The number of aliphatic carboxylic acids is 1. The van der Waals surface area contributed by atoms with E-state index in [2.05, 4.69) is 0 Å². The monoisotopic (exact) mass is 229 g/mol. The first-order valence-corrected chi connectivity index (χ1v) is 4.84. The second kappa shape index (κ2) is 5.00. The van der Waals surface area contributed by atoms with Crippen LogP contribution in [0.15, 0.2) is 18.2 Å². The molecule has 0 radical (unpaired) electrons. The molecule has 1 rings (SSSR count). The van der Waals surface area contributed by atoms with Gasteiger partial charge in [-0.2, -0.15) is 0 Å². The van der Waals surface area contributed by atoms with Crippen LogP contribution in [0.25, 0.3) is 0 Å². The van der Waals surface area contributed by atoms with Crippen LogP contribution in [0.4, 0.5) is 0 Å². The van der Waals surface area contributed by atoms with Gasteiger partial charge in [0.1, 0.15) is 11.8 Å². The van der Waals surface area contributed by atoms with E-state index < -0.39 is 12.0 Å². The topological polar surface area (TPSA) is 83.5 Å². The normalized spacial score (nSPS) is 12.4. The quantitative estimate of drug-likeness (QED) is 0.729. The third-order valence-corrected chi connectivity index (χ3v) is 2.38. The number of carboxylic acids is 1. The zero-order valence-electron chi connectivity index (χ0n) is 7.98. The molecule has 0 saturated heterocycles. The molecule has 0 heterocycles. The molecule has 0 aromatic heterocycles. The van der Waals surface area contributed by atoms with Crippen LogP contribution in [0.1, 0.15) is 12.0 Å². The molecule has 1 aromatic rings. The Hall–Kier alpha value is -1.26. The Balaban J connectivity index is 2.58. The Kier molecular flexibility index (Phi) is 3.94. The lowest BCUT2D eigenvalue weighted by Crippen LogP contribution is -2.30. The molecule has 0 spiro atoms. The predicted octanol–water partition coefficient (Wildman–Crippen LogP) is 1.39. The SMILES string of the molecule is N[C@H](CCc1ccc(O)c(Cl)c1)C(=O)O. The average Bonchev–Trinajstić information content (AvgIpc) is 2.19. The Morgan fingerprint density at radius 2 is 2.20 bits per heavy atom. The van der Waals surface area contributed by atoms with Crippen molar-refractivity contribution in [3.8, 4) is 5.75 Å². The number of hydrogen-bond acceptors (Lipinski definition) is 3. The van der Waals surface area contributed by atoms with E-state index in [9.17, 15) is 4.79 Å². The summed E-state index contributed by atoms with van der Waals surface area (Å²) in [5.74, 6) is -0.997. The van der Waals surface area contributed by atoms with Crippen LogP contribution in [0.2, 0.25) is 5.02 Å². The molecular weight excluding hydrogens is 218 g/mol. The van der Waals surface area contributed by atoms with E-state index in [1.54, 1.807) is 12.1 Å². The number of hydrogen-bond donors (Lipinski definition) is 3. The first kappa shape index (κ1) is 11.8. The number of phenols is 1. The predicted molar refractivity (Wildman–Crippen MR) is 57.0 cm³/mol. The van der Waals surface area contributed by atoms with Crippen LogP contribution in [-0.4, -0.2) is 22.2 Å². The van der Waals surface area contributed by atoms with Crippen LogP contribution < -0.4 is 5.73 Å². The number of carboxylic acid groups (broad SMARTS) is 1. The van der Waals surface area contributed by atoms with Gasteiger partial charge in [0.05, 0.1) is 5.02 Å². The Morgan fingerprint density at radius 1 is 1.53 bits per heavy atom. The lowest BCUT2D eigenvalue weighted by atomic mass is 10.1. The highest BCUT2D eigenvalue weighted by atomic mass is 35.5. The van der Waals surface area contributed by atoms with Gasteiger partial charge in [-0.05, 0) is 30.5 Å². The van der Waals surface area contributed by atoms with Gasteiger partial charge >= 0.3 is 5.97 Å². The Labute approximate surface area is 92.3 Å². The number of phenolic OH excluding ortho intramolecular Hbond substituents is 1. The summed E-state index contributed by atoms with van der Waals surface area (Å²) in [5.41, 5.74) is 6.21. The van der Waals surface area contributed by atoms with Crippen molar-refractivity contribution in [2.75, 3.05) is 0 Å². The van der Waals surface area contributed by atoms with Crippen molar-refractivity contribution in [2.45, 2.75) is 18.9 Å². The molecule has 5 heteroatoms. The highest BCUT2D eigenvalue weighted by molar-refractivity contribution is 6.32. The first-order chi connectivity index (χ1) is 7.00. The van der Waals surface area contributed by atoms with E-state index in [4.69, 9.17) is 27.5 Å². The van der Waals surface area contributed by atoms with Gasteiger partial charge in [0.15, 0.2) is 0 Å². The third-order valence-electron chi connectivity index (χ3n) is 2.07. The van der Waals surface area contributed by atoms with Gasteiger partial charge in [-0.3, -0.25) is 4.79 Å². The van der Waals surface area contributed by atoms with E-state index in [0.717, 1.165) is 5.56 Å². The van der Waals surface area contributed by atoms with Crippen LogP contribution in [0, 0.1) is 0 Å². The maximum atomic E-state index is 10.5. The molecule has 4 N–H and O–H groups in total. The smallest absolute Gasteiger partial charge is 0.320 e. The maximum Gasteiger partial charge on any atom is 0.320 e. The third kappa shape index (κ3) is 3.42. The number of rotatable bonds is 4. The van der Waals surface area contributed by atoms with Crippen molar-refractivity contribution in [2.24, 2.45) is 5.73 Å². The molecule has 0 amide bonds. The number of nitrogens with two attached hydrogens (primary N) is 1. The second-order valence-electron chi connectivity index (χ2n) is 3.27. The molecule has 0 saturated carbocycles. The largest absolute Gasteiger partial charge is 0.506 e. The average molecular weight is 230 g/mol. The van der Waals surface area contributed by atoms with Crippen LogP contribution in [0.3, 0.4) is 0 Å². The summed E-state index contributed by atoms with van der Waals surface area (Å²) in [6.07, 6.45) is 0.865. The lowest BCUT2D eigenvalue weighted by molar-refractivity contribution is -0.138. The summed E-state index contributed by atoms with van der Waals surface area (Å²) in [6.45, 7) is 0. The summed E-state index contributed by atoms with van der Waals surface area (Å²) in [5, 5.41) is 18.0. The number of aromatic hydroxyl groups is 1. The van der Waals surface area contributed by atoms with E-state index in [0.29, 0.717) is 12.8 Å². The fourth-order valence-corrected chi connectivity index (χ4v) is 1.35. The summed E-state index contributed by atoms with van der Waals surface area (Å²) >= 11 is 5.69. The summed E-state index contributed by atoms with van der Waals surface area (Å²) in [7, 11) is 0. The maximum absolute atomic E-state index is 10.5. The highest BCUT2D eigenvalue weighted by Gasteiger charge is 2.11. The van der Waals surface area contributed by atoms with Crippen molar-refractivity contribution in [1.82, 2.24) is 0 Å². The van der Waals surface area contributed by atoms with E-state index in [-0.39, 0.29) is 10.8 Å². The minimum absolute atomic E-state index is 0.0166. The molecule has 15 heavy (non-hydrogen) atoms. The molecule has 0 bridgehead atoms. The first-order valence-electron chi connectivity index (χ1n) is 4.46. The van der Waals surface area contributed by atoms with Gasteiger partial charge in [0, 0.05) is 0 Å². The van der Waals surface area contributed by atoms with Crippen LogP contribution in [-0.2, 0) is 11.2 Å². The molecule has 0 aliphatic rings. The minimum atomic E-state index is -1.01. The summed E-state index contributed by atoms with van der Waals surface area (Å²) in [6, 6.07) is 3.91. The molecule has 0 fully saturated rings. The van der Waals surface area contributed by atoms with E-state index in [1.807, 2.05) is 0 Å². The van der Waals surface area contributed by atoms with Gasteiger partial charge in [-0.15, -0.1) is 0 Å². The van der Waals surface area contributed by atoms with E-state index >= 15 is 0 Å². The molecule has 0 aliphatic carbocycles. The fraction of sp³-hybridized carbons (Fsp3) is 0.300. The van der Waals surface area contributed by atoms with E-state index in [1.165, 1.54) is 6.07 Å². The van der Waals surface area contributed by atoms with Crippen molar-refractivity contribution in [3.05, 3.63) is 28.8 Å². The van der Waals surface area contributed by atoms with Gasteiger partial charge in [-0.25, -0.2) is 0 Å². The minimum Gasteiger partial charge on any atom is -0.506 e. The molecule has 82 valence electrons. The molecule has 1 aromatic carbocycles. The van der Waals surface area contributed by atoms with Crippen molar-refractivity contribution in [3.63, 3.8) is 0 Å². The Morgan fingerprint density at radius 3 is 2.73 bits per heavy atom.